The van der Waals surface area contributed by atoms with Crippen molar-refractivity contribution < 1.29 is 4.79 Å². The summed E-state index contributed by atoms with van der Waals surface area (Å²) in [5.41, 5.74) is 10.9. The minimum atomic E-state index is -0.226. The zero-order chi connectivity index (χ0) is 24.2. The van der Waals surface area contributed by atoms with Gasteiger partial charge < -0.3 is 20.9 Å². The van der Waals surface area contributed by atoms with E-state index in [1.54, 1.807) is 30.6 Å². The summed E-state index contributed by atoms with van der Waals surface area (Å²) in [6, 6.07) is 24.5. The van der Waals surface area contributed by atoms with Gasteiger partial charge in [-0.3, -0.25) is 4.79 Å². The first-order valence-electron chi connectivity index (χ1n) is 11.0. The van der Waals surface area contributed by atoms with Crippen molar-refractivity contribution in [3.05, 3.63) is 107 Å². The van der Waals surface area contributed by atoms with Gasteiger partial charge in [-0.1, -0.05) is 54.6 Å². The fourth-order valence-corrected chi connectivity index (χ4v) is 3.87. The van der Waals surface area contributed by atoms with Gasteiger partial charge in [-0.15, -0.1) is 0 Å². The van der Waals surface area contributed by atoms with Crippen LogP contribution in [-0.4, -0.2) is 25.4 Å². The lowest BCUT2D eigenvalue weighted by Gasteiger charge is -2.10. The van der Waals surface area contributed by atoms with E-state index >= 15 is 0 Å². The number of nitrogens with zero attached hydrogens (tertiary/aromatic N) is 4. The number of anilines is 3. The fourth-order valence-electron chi connectivity index (χ4n) is 3.70. The Morgan fingerprint density at radius 2 is 1.66 bits per heavy atom. The van der Waals surface area contributed by atoms with Gasteiger partial charge in [0.25, 0.3) is 5.91 Å². The molecule has 1 amide bonds. The Kier molecular flexibility index (Phi) is 6.28. The normalized spacial score (nSPS) is 10.9. The molecule has 174 valence electrons. The second kappa shape index (κ2) is 9.82. The summed E-state index contributed by atoms with van der Waals surface area (Å²) in [4.78, 5) is 25.8. The number of nitrogen functional groups attached to an aromatic ring is 1. The van der Waals surface area contributed by atoms with Crippen LogP contribution >= 0.6 is 11.6 Å². The summed E-state index contributed by atoms with van der Waals surface area (Å²) < 4.78 is 1.94. The molecule has 0 aliphatic carbocycles. The lowest BCUT2D eigenvalue weighted by Crippen LogP contribution is -2.13. The Bertz CT molecular complexity index is 1480. The van der Waals surface area contributed by atoms with Gasteiger partial charge in [0, 0.05) is 12.1 Å². The molecule has 0 saturated carbocycles. The first kappa shape index (κ1) is 22.4. The van der Waals surface area contributed by atoms with Gasteiger partial charge in [-0.2, -0.15) is 9.97 Å². The molecule has 2 heterocycles. The lowest BCUT2D eigenvalue weighted by molar-refractivity contribution is 0.102. The van der Waals surface area contributed by atoms with Crippen LogP contribution in [0.2, 0.25) is 5.28 Å². The number of para-hydroxylation sites is 2. The number of rotatable bonds is 7. The van der Waals surface area contributed by atoms with Crippen LogP contribution < -0.4 is 16.4 Å². The van der Waals surface area contributed by atoms with Crippen LogP contribution in [0, 0.1) is 0 Å². The number of hydrogen-bond acceptors (Lipinski definition) is 6. The van der Waals surface area contributed by atoms with Crippen LogP contribution in [0.25, 0.3) is 11.2 Å². The van der Waals surface area contributed by atoms with E-state index < -0.39 is 0 Å². The van der Waals surface area contributed by atoms with Crippen LogP contribution in [0.4, 0.5) is 17.2 Å². The molecule has 2 aromatic heterocycles. The maximum absolute atomic E-state index is 12.5. The van der Waals surface area contributed by atoms with Crippen molar-refractivity contribution in [1.29, 1.82) is 0 Å². The van der Waals surface area contributed by atoms with Gasteiger partial charge in [0.2, 0.25) is 5.28 Å². The lowest BCUT2D eigenvalue weighted by atomic mass is 10.1. The van der Waals surface area contributed by atoms with Gasteiger partial charge in [0.1, 0.15) is 0 Å². The predicted molar refractivity (Wildman–Crippen MR) is 138 cm³/mol. The van der Waals surface area contributed by atoms with E-state index in [-0.39, 0.29) is 11.2 Å². The average molecular weight is 484 g/mol. The van der Waals surface area contributed by atoms with Gasteiger partial charge in [-0.05, 0) is 47.0 Å². The number of fused-ring (bicyclic) bond motifs is 1. The van der Waals surface area contributed by atoms with E-state index in [9.17, 15) is 4.79 Å². The minimum Gasteiger partial charge on any atom is -0.397 e. The largest absolute Gasteiger partial charge is 0.397 e. The Labute approximate surface area is 206 Å². The molecular weight excluding hydrogens is 462 g/mol. The van der Waals surface area contributed by atoms with Gasteiger partial charge in [0.05, 0.1) is 24.2 Å². The molecule has 0 aliphatic heterocycles. The number of benzene rings is 3. The van der Waals surface area contributed by atoms with Gasteiger partial charge in [-0.25, -0.2) is 4.98 Å². The summed E-state index contributed by atoms with van der Waals surface area (Å²) in [6.07, 6.45) is 1.74. The maximum Gasteiger partial charge on any atom is 0.255 e. The van der Waals surface area contributed by atoms with Crippen molar-refractivity contribution in [2.45, 2.75) is 13.1 Å². The number of nitrogens with one attached hydrogen (secondary N) is 2. The highest BCUT2D eigenvalue weighted by molar-refractivity contribution is 6.28. The highest BCUT2D eigenvalue weighted by Gasteiger charge is 2.13. The molecule has 0 saturated heterocycles. The first-order valence-corrected chi connectivity index (χ1v) is 11.4. The van der Waals surface area contributed by atoms with Crippen LogP contribution in [0.15, 0.2) is 85.2 Å². The number of imidazole rings is 1. The Morgan fingerprint density at radius 1 is 0.914 bits per heavy atom. The van der Waals surface area contributed by atoms with Crippen molar-refractivity contribution in [3.63, 3.8) is 0 Å². The minimum absolute atomic E-state index is 0.141. The molecule has 3 aromatic carbocycles. The molecule has 0 aliphatic rings. The molecule has 35 heavy (non-hydrogen) atoms. The SMILES string of the molecule is Nc1ccccc1NC(=O)c1ccc(CNc2nc(Cl)nc3c2ncn3Cc2ccccc2)cc1. The van der Waals surface area contributed by atoms with Crippen molar-refractivity contribution in [2.75, 3.05) is 16.4 Å². The highest BCUT2D eigenvalue weighted by atomic mass is 35.5. The zero-order valence-electron chi connectivity index (χ0n) is 18.6. The average Bonchev–Trinajstić information content (AvgIpc) is 3.27. The monoisotopic (exact) mass is 483 g/mol. The Hall–Kier alpha value is -4.43. The van der Waals surface area contributed by atoms with E-state index in [0.717, 1.165) is 11.1 Å². The van der Waals surface area contributed by atoms with Gasteiger partial charge in [0.15, 0.2) is 17.0 Å². The molecule has 5 aromatic rings. The summed E-state index contributed by atoms with van der Waals surface area (Å²) in [6.45, 7) is 1.10. The third-order valence-corrected chi connectivity index (χ3v) is 5.69. The number of nitrogens with two attached hydrogens (primary N) is 1. The summed E-state index contributed by atoms with van der Waals surface area (Å²) >= 11 is 6.21. The molecule has 0 atom stereocenters. The molecule has 0 fully saturated rings. The van der Waals surface area contributed by atoms with Crippen molar-refractivity contribution in [3.8, 4) is 0 Å². The number of amides is 1. The molecule has 4 N–H and O–H groups in total. The van der Waals surface area contributed by atoms with Crippen molar-refractivity contribution >= 4 is 45.9 Å². The maximum atomic E-state index is 12.5. The third-order valence-electron chi connectivity index (χ3n) is 5.52. The highest BCUT2D eigenvalue weighted by Crippen LogP contribution is 2.23. The number of halogens is 1. The number of carbonyl (C=O) groups is 1. The Balaban J connectivity index is 1.28. The van der Waals surface area contributed by atoms with Crippen molar-refractivity contribution in [1.82, 2.24) is 19.5 Å². The van der Waals surface area contributed by atoms with Gasteiger partial charge >= 0.3 is 0 Å². The molecule has 0 radical (unpaired) electrons. The van der Waals surface area contributed by atoms with E-state index in [1.165, 1.54) is 0 Å². The number of carbonyl (C=O) groups excluding carboxylic acids is 1. The fraction of sp³-hybridized carbons (Fsp3) is 0.0769. The van der Waals surface area contributed by atoms with E-state index in [0.29, 0.717) is 47.0 Å². The molecule has 5 rings (SSSR count). The van der Waals surface area contributed by atoms with Crippen LogP contribution in [-0.2, 0) is 13.1 Å². The number of hydrogen-bond donors (Lipinski definition) is 3. The third kappa shape index (κ3) is 5.07. The van der Waals surface area contributed by atoms with E-state index in [4.69, 9.17) is 17.3 Å². The molecular formula is C26H22ClN7O. The molecule has 0 bridgehead atoms. The molecule has 0 unspecified atom stereocenters. The summed E-state index contributed by atoms with van der Waals surface area (Å²) in [5.74, 6) is 0.323. The molecule has 8 nitrogen and oxygen atoms in total. The van der Waals surface area contributed by atoms with Crippen molar-refractivity contribution in [2.24, 2.45) is 0 Å². The van der Waals surface area contributed by atoms with Crippen LogP contribution in [0.1, 0.15) is 21.5 Å². The standard InChI is InChI=1S/C26H22ClN7O/c27-26-32-23(22-24(33-26)34(16-30-22)15-18-6-2-1-3-7-18)29-14-17-10-12-19(13-11-17)25(35)31-21-9-5-4-8-20(21)28/h1-13,16H,14-15,28H2,(H,31,35)(H,29,32,33). The van der Waals surface area contributed by atoms with Crippen LogP contribution in [0.5, 0.6) is 0 Å². The first-order chi connectivity index (χ1) is 17.1. The summed E-state index contributed by atoms with van der Waals surface area (Å²) in [7, 11) is 0. The van der Waals surface area contributed by atoms with Crippen LogP contribution in [0.3, 0.4) is 0 Å². The molecule has 0 spiro atoms. The topological polar surface area (TPSA) is 111 Å². The second-order valence-electron chi connectivity index (χ2n) is 7.96. The van der Waals surface area contributed by atoms with E-state index in [2.05, 4.69) is 25.6 Å². The second-order valence-corrected chi connectivity index (χ2v) is 8.30. The number of aromatic nitrogens is 4. The molecule has 9 heteroatoms. The zero-order valence-corrected chi connectivity index (χ0v) is 19.4. The smallest absolute Gasteiger partial charge is 0.255 e. The Morgan fingerprint density at radius 3 is 2.43 bits per heavy atom. The summed E-state index contributed by atoms with van der Waals surface area (Å²) in [5, 5.41) is 6.26. The van der Waals surface area contributed by atoms with E-state index in [1.807, 2.05) is 59.2 Å². The predicted octanol–water partition coefficient (Wildman–Crippen LogP) is 4.97. The quantitative estimate of drug-likeness (QED) is 0.222.